The maximum absolute atomic E-state index is 13.1. The van der Waals surface area contributed by atoms with Crippen LogP contribution in [-0.2, 0) is 6.18 Å². The van der Waals surface area contributed by atoms with Crippen LogP contribution in [-0.4, -0.2) is 33.3 Å². The Labute approximate surface area is 168 Å². The van der Waals surface area contributed by atoms with E-state index in [1.165, 1.54) is 34.0 Å². The van der Waals surface area contributed by atoms with Gasteiger partial charge in [0.2, 0.25) is 5.76 Å². The molecular weight excluding hydrogens is 403 g/mol. The van der Waals surface area contributed by atoms with Crippen LogP contribution in [0.3, 0.4) is 0 Å². The SMILES string of the molecule is Cc1cc(C(=O)Nc2cnn3c2C(=O)N(c2ccc(C(F)(F)F)cc2)C[C@@H]3C)on1. The molecule has 0 aliphatic carbocycles. The van der Waals surface area contributed by atoms with Gasteiger partial charge in [0.25, 0.3) is 11.8 Å². The van der Waals surface area contributed by atoms with Crippen LogP contribution >= 0.6 is 0 Å². The first-order valence-electron chi connectivity index (χ1n) is 8.96. The van der Waals surface area contributed by atoms with Crippen LogP contribution < -0.4 is 10.2 Å². The molecule has 0 bridgehead atoms. The van der Waals surface area contributed by atoms with Crippen molar-refractivity contribution in [1.82, 2.24) is 14.9 Å². The quantitative estimate of drug-likeness (QED) is 0.699. The standard InChI is InChI=1S/C19H16F3N5O3/c1-10-7-15(30-25-10)17(28)24-14-8-23-27-11(2)9-26(18(29)16(14)27)13-5-3-12(4-6-13)19(20,21)22/h3-8,11H,9H2,1-2H3,(H,24,28)/t11-/m0/s1. The largest absolute Gasteiger partial charge is 0.416 e. The molecule has 0 radical (unpaired) electrons. The molecule has 30 heavy (non-hydrogen) atoms. The first-order valence-corrected chi connectivity index (χ1v) is 8.96. The number of benzene rings is 1. The van der Waals surface area contributed by atoms with E-state index in [0.717, 1.165) is 12.1 Å². The van der Waals surface area contributed by atoms with Crippen molar-refractivity contribution in [3.63, 3.8) is 0 Å². The summed E-state index contributed by atoms with van der Waals surface area (Å²) in [5.74, 6) is -1.11. The molecule has 3 heterocycles. The van der Waals surface area contributed by atoms with Gasteiger partial charge in [0.1, 0.15) is 0 Å². The summed E-state index contributed by atoms with van der Waals surface area (Å²) in [5.41, 5.74) is 0.329. The second-order valence-electron chi connectivity index (χ2n) is 6.95. The van der Waals surface area contributed by atoms with E-state index in [0.29, 0.717) is 11.4 Å². The number of aryl methyl sites for hydroxylation is 1. The molecule has 156 valence electrons. The lowest BCUT2D eigenvalue weighted by Crippen LogP contribution is -2.43. The van der Waals surface area contributed by atoms with E-state index in [1.807, 2.05) is 6.92 Å². The number of carbonyl (C=O) groups excluding carboxylic acids is 2. The Hall–Kier alpha value is -3.63. The Morgan fingerprint density at radius 3 is 2.57 bits per heavy atom. The van der Waals surface area contributed by atoms with Crippen LogP contribution in [0, 0.1) is 6.92 Å². The molecule has 4 rings (SSSR count). The van der Waals surface area contributed by atoms with E-state index in [2.05, 4.69) is 15.6 Å². The van der Waals surface area contributed by atoms with Crippen LogP contribution in [0.2, 0.25) is 0 Å². The van der Waals surface area contributed by atoms with Crippen molar-refractivity contribution in [2.45, 2.75) is 26.1 Å². The van der Waals surface area contributed by atoms with Crippen molar-refractivity contribution >= 4 is 23.2 Å². The van der Waals surface area contributed by atoms with Gasteiger partial charge in [0.15, 0.2) is 5.69 Å². The Morgan fingerprint density at radius 1 is 1.27 bits per heavy atom. The minimum Gasteiger partial charge on any atom is -0.351 e. The van der Waals surface area contributed by atoms with E-state index < -0.39 is 23.6 Å². The fourth-order valence-corrected chi connectivity index (χ4v) is 3.26. The highest BCUT2D eigenvalue weighted by Crippen LogP contribution is 2.33. The molecule has 1 aliphatic rings. The van der Waals surface area contributed by atoms with Crippen molar-refractivity contribution in [2.75, 3.05) is 16.8 Å². The summed E-state index contributed by atoms with van der Waals surface area (Å²) >= 11 is 0. The van der Waals surface area contributed by atoms with Crippen LogP contribution in [0.25, 0.3) is 0 Å². The third-order valence-corrected chi connectivity index (χ3v) is 4.71. The molecule has 0 unspecified atom stereocenters. The second-order valence-corrected chi connectivity index (χ2v) is 6.95. The van der Waals surface area contributed by atoms with Crippen LogP contribution in [0.5, 0.6) is 0 Å². The van der Waals surface area contributed by atoms with Gasteiger partial charge in [-0.15, -0.1) is 0 Å². The highest BCUT2D eigenvalue weighted by molar-refractivity contribution is 6.12. The topological polar surface area (TPSA) is 93.3 Å². The van der Waals surface area contributed by atoms with Gasteiger partial charge < -0.3 is 14.7 Å². The number of hydrogen-bond donors (Lipinski definition) is 1. The fraction of sp³-hybridized carbons (Fsp3) is 0.263. The molecule has 2 aromatic heterocycles. The number of aromatic nitrogens is 3. The van der Waals surface area contributed by atoms with Crippen molar-refractivity contribution < 1.29 is 27.3 Å². The number of hydrogen-bond acceptors (Lipinski definition) is 5. The molecule has 1 aromatic carbocycles. The molecule has 0 saturated heterocycles. The Balaban J connectivity index is 1.63. The smallest absolute Gasteiger partial charge is 0.351 e. The summed E-state index contributed by atoms with van der Waals surface area (Å²) in [7, 11) is 0. The number of fused-ring (bicyclic) bond motifs is 1. The Bertz CT molecular complexity index is 1120. The summed E-state index contributed by atoms with van der Waals surface area (Å²) in [5, 5.41) is 10.4. The van der Waals surface area contributed by atoms with E-state index >= 15 is 0 Å². The molecular formula is C19H16F3N5O3. The Kier molecular flexibility index (Phi) is 4.60. The lowest BCUT2D eigenvalue weighted by atomic mass is 10.1. The monoisotopic (exact) mass is 419 g/mol. The average Bonchev–Trinajstić information content (AvgIpc) is 3.31. The zero-order valence-corrected chi connectivity index (χ0v) is 15.9. The summed E-state index contributed by atoms with van der Waals surface area (Å²) in [6.07, 6.45) is -3.12. The molecule has 8 nitrogen and oxygen atoms in total. The highest BCUT2D eigenvalue weighted by Gasteiger charge is 2.35. The Morgan fingerprint density at radius 2 is 1.97 bits per heavy atom. The van der Waals surface area contributed by atoms with E-state index in [9.17, 15) is 22.8 Å². The van der Waals surface area contributed by atoms with Gasteiger partial charge >= 0.3 is 6.18 Å². The maximum atomic E-state index is 13.1. The number of amides is 2. The molecule has 0 fully saturated rings. The van der Waals surface area contributed by atoms with Gasteiger partial charge in [-0.25, -0.2) is 0 Å². The number of anilines is 2. The summed E-state index contributed by atoms with van der Waals surface area (Å²) in [6.45, 7) is 3.69. The molecule has 1 N–H and O–H groups in total. The molecule has 1 atom stereocenters. The number of nitrogens with zero attached hydrogens (tertiary/aromatic N) is 4. The van der Waals surface area contributed by atoms with E-state index in [1.54, 1.807) is 6.92 Å². The summed E-state index contributed by atoms with van der Waals surface area (Å²) in [6, 6.07) is 5.52. The van der Waals surface area contributed by atoms with Gasteiger partial charge in [-0.2, -0.15) is 18.3 Å². The third kappa shape index (κ3) is 3.42. The van der Waals surface area contributed by atoms with E-state index in [-0.39, 0.29) is 29.7 Å². The van der Waals surface area contributed by atoms with Crippen molar-refractivity contribution in [3.05, 3.63) is 59.2 Å². The van der Waals surface area contributed by atoms with E-state index in [4.69, 9.17) is 4.52 Å². The minimum atomic E-state index is -4.47. The molecule has 3 aromatic rings. The third-order valence-electron chi connectivity index (χ3n) is 4.71. The maximum Gasteiger partial charge on any atom is 0.416 e. The minimum absolute atomic E-state index is 0.0247. The average molecular weight is 419 g/mol. The number of nitrogens with one attached hydrogen (secondary N) is 1. The zero-order valence-electron chi connectivity index (χ0n) is 15.9. The number of halogens is 3. The van der Waals surface area contributed by atoms with Crippen LogP contribution in [0.15, 0.2) is 41.1 Å². The van der Waals surface area contributed by atoms with Crippen LogP contribution in [0.4, 0.5) is 24.5 Å². The lowest BCUT2D eigenvalue weighted by Gasteiger charge is -2.32. The number of carbonyl (C=O) groups is 2. The van der Waals surface area contributed by atoms with Crippen molar-refractivity contribution in [1.29, 1.82) is 0 Å². The lowest BCUT2D eigenvalue weighted by molar-refractivity contribution is -0.137. The second kappa shape index (κ2) is 7.01. The van der Waals surface area contributed by atoms with Gasteiger partial charge in [0, 0.05) is 18.3 Å². The highest BCUT2D eigenvalue weighted by atomic mass is 19.4. The predicted octanol–water partition coefficient (Wildman–Crippen LogP) is 3.67. The van der Waals surface area contributed by atoms with Gasteiger partial charge in [-0.3, -0.25) is 14.3 Å². The fourth-order valence-electron chi connectivity index (χ4n) is 3.26. The molecule has 11 heteroatoms. The van der Waals surface area contributed by atoms with Gasteiger partial charge in [-0.1, -0.05) is 5.16 Å². The van der Waals surface area contributed by atoms with Gasteiger partial charge in [-0.05, 0) is 38.1 Å². The molecule has 1 aliphatic heterocycles. The van der Waals surface area contributed by atoms with Crippen molar-refractivity contribution in [2.24, 2.45) is 0 Å². The molecule has 2 amide bonds. The van der Waals surface area contributed by atoms with Crippen LogP contribution in [0.1, 0.15) is 45.3 Å². The summed E-state index contributed by atoms with van der Waals surface area (Å²) < 4.78 is 44.9. The first kappa shape index (κ1) is 19.7. The normalized spacial score (nSPS) is 16.5. The van der Waals surface area contributed by atoms with Gasteiger partial charge in [0.05, 0.1) is 29.2 Å². The van der Waals surface area contributed by atoms with Crippen molar-refractivity contribution in [3.8, 4) is 0 Å². The molecule has 0 spiro atoms. The number of rotatable bonds is 3. The first-order chi connectivity index (χ1) is 14.1. The molecule has 0 saturated carbocycles. The zero-order chi connectivity index (χ0) is 21.6. The predicted molar refractivity (Wildman–Crippen MR) is 99.3 cm³/mol. The number of alkyl halides is 3. The summed E-state index contributed by atoms with van der Waals surface area (Å²) in [4.78, 5) is 26.8.